The third-order valence-electron chi connectivity index (χ3n) is 3.03. The van der Waals surface area contributed by atoms with Crippen LogP contribution >= 0.6 is 0 Å². The Morgan fingerprint density at radius 1 is 1.52 bits per heavy atom. The number of methoxy groups -OCH3 is 1. The molecule has 9 heteroatoms. The molecule has 8 nitrogen and oxygen atoms in total. The average Bonchev–Trinajstić information content (AvgIpc) is 2.77. The van der Waals surface area contributed by atoms with Crippen LogP contribution in [0.25, 0.3) is 0 Å². The Bertz CT molecular complexity index is 685. The third-order valence-corrected chi connectivity index (χ3v) is 4.45. The van der Waals surface area contributed by atoms with E-state index in [1.807, 2.05) is 0 Å². The highest BCUT2D eigenvalue weighted by molar-refractivity contribution is 7.89. The summed E-state index contributed by atoms with van der Waals surface area (Å²) in [5, 5.41) is 11.4. The van der Waals surface area contributed by atoms with E-state index in [1.165, 1.54) is 25.3 Å². The topological polar surface area (TPSA) is 122 Å². The Balaban J connectivity index is 2.15. The lowest BCUT2D eigenvalue weighted by Crippen LogP contribution is -2.37. The van der Waals surface area contributed by atoms with E-state index in [1.54, 1.807) is 0 Å². The van der Waals surface area contributed by atoms with Gasteiger partial charge in [0.15, 0.2) is 6.10 Å². The number of nitrogens with one attached hydrogen (secondary N) is 2. The average molecular weight is 314 g/mol. The molecular weight excluding hydrogens is 300 g/mol. The van der Waals surface area contributed by atoms with Crippen molar-refractivity contribution in [3.8, 4) is 0 Å². The van der Waals surface area contributed by atoms with Crippen molar-refractivity contribution in [3.05, 3.63) is 23.8 Å². The van der Waals surface area contributed by atoms with E-state index in [2.05, 4.69) is 14.8 Å². The Hall–Kier alpha value is -1.97. The van der Waals surface area contributed by atoms with Crippen molar-refractivity contribution in [2.24, 2.45) is 0 Å². The van der Waals surface area contributed by atoms with Gasteiger partial charge >= 0.3 is 5.97 Å². The fourth-order valence-electron chi connectivity index (χ4n) is 1.91. The summed E-state index contributed by atoms with van der Waals surface area (Å²) in [6.45, 7) is -0.386. The highest BCUT2D eigenvalue weighted by atomic mass is 32.2. The van der Waals surface area contributed by atoms with E-state index in [0.29, 0.717) is 11.3 Å². The summed E-state index contributed by atoms with van der Waals surface area (Å²) in [7, 11) is -2.69. The number of ether oxygens (including phenoxy) is 1. The number of aliphatic carboxylic acids is 1. The largest absolute Gasteiger partial charge is 0.479 e. The van der Waals surface area contributed by atoms with E-state index >= 15 is 0 Å². The number of carbonyl (C=O) groups excluding carboxylic acids is 1. The van der Waals surface area contributed by atoms with Gasteiger partial charge in [-0.3, -0.25) is 4.79 Å². The van der Waals surface area contributed by atoms with Gasteiger partial charge < -0.3 is 15.2 Å². The van der Waals surface area contributed by atoms with Gasteiger partial charge in [-0.1, -0.05) is 0 Å². The molecule has 21 heavy (non-hydrogen) atoms. The Morgan fingerprint density at radius 3 is 2.86 bits per heavy atom. The number of amides is 1. The van der Waals surface area contributed by atoms with Gasteiger partial charge in [0, 0.05) is 19.3 Å². The second-order valence-electron chi connectivity index (χ2n) is 4.46. The first kappa shape index (κ1) is 15.4. The minimum Gasteiger partial charge on any atom is -0.479 e. The molecule has 1 unspecified atom stereocenters. The van der Waals surface area contributed by atoms with Gasteiger partial charge in [-0.2, -0.15) is 0 Å². The molecule has 1 aliphatic heterocycles. The molecule has 114 valence electrons. The minimum atomic E-state index is -3.87. The van der Waals surface area contributed by atoms with Crippen LogP contribution in [0, 0.1) is 0 Å². The van der Waals surface area contributed by atoms with E-state index in [0.717, 1.165) is 0 Å². The zero-order chi connectivity index (χ0) is 15.6. The van der Waals surface area contributed by atoms with Crippen molar-refractivity contribution in [3.63, 3.8) is 0 Å². The molecule has 0 aromatic heterocycles. The first-order valence-electron chi connectivity index (χ1n) is 6.01. The van der Waals surface area contributed by atoms with Crippen LogP contribution in [0.1, 0.15) is 5.56 Å². The highest BCUT2D eigenvalue weighted by Gasteiger charge is 2.24. The van der Waals surface area contributed by atoms with E-state index in [4.69, 9.17) is 5.11 Å². The highest BCUT2D eigenvalue weighted by Crippen LogP contribution is 2.25. The van der Waals surface area contributed by atoms with Crippen LogP contribution in [0.4, 0.5) is 5.69 Å². The zero-order valence-electron chi connectivity index (χ0n) is 11.1. The van der Waals surface area contributed by atoms with Crippen LogP contribution in [0.5, 0.6) is 0 Å². The number of anilines is 1. The van der Waals surface area contributed by atoms with Gasteiger partial charge in [-0.05, 0) is 23.8 Å². The van der Waals surface area contributed by atoms with E-state index < -0.39 is 22.1 Å². The molecule has 0 saturated heterocycles. The number of rotatable bonds is 6. The summed E-state index contributed by atoms with van der Waals surface area (Å²) >= 11 is 0. The number of benzene rings is 1. The van der Waals surface area contributed by atoms with Crippen molar-refractivity contribution in [1.82, 2.24) is 4.72 Å². The molecule has 0 aliphatic carbocycles. The predicted octanol–water partition coefficient (Wildman–Crippen LogP) is -0.441. The molecule has 1 aliphatic rings. The standard InChI is InChI=1S/C12H14N2O6S/c1-20-10(12(16)17)6-13-21(18,19)8-2-3-9-7(4-8)5-11(15)14-9/h2-4,10,13H,5-6H2,1H3,(H,14,15)(H,16,17). The fourth-order valence-corrected chi connectivity index (χ4v) is 3.00. The van der Waals surface area contributed by atoms with Crippen LogP contribution in [0.15, 0.2) is 23.1 Å². The summed E-state index contributed by atoms with van der Waals surface area (Å²) in [6, 6.07) is 4.23. The maximum absolute atomic E-state index is 12.1. The molecule has 1 aromatic rings. The maximum atomic E-state index is 12.1. The lowest BCUT2D eigenvalue weighted by Gasteiger charge is -2.12. The Labute approximate surface area is 121 Å². The van der Waals surface area contributed by atoms with Gasteiger partial charge in [0.1, 0.15) is 0 Å². The first-order chi connectivity index (χ1) is 9.83. The van der Waals surface area contributed by atoms with Gasteiger partial charge in [-0.15, -0.1) is 0 Å². The molecule has 1 aromatic carbocycles. The second-order valence-corrected chi connectivity index (χ2v) is 6.23. The Morgan fingerprint density at radius 2 is 2.24 bits per heavy atom. The molecule has 0 fully saturated rings. The maximum Gasteiger partial charge on any atom is 0.334 e. The van der Waals surface area contributed by atoms with E-state index in [9.17, 15) is 18.0 Å². The monoisotopic (exact) mass is 314 g/mol. The summed E-state index contributed by atoms with van der Waals surface area (Å²) < 4.78 is 31.0. The quantitative estimate of drug-likeness (QED) is 0.654. The van der Waals surface area contributed by atoms with Crippen molar-refractivity contribution in [1.29, 1.82) is 0 Å². The third kappa shape index (κ3) is 3.38. The number of hydrogen-bond donors (Lipinski definition) is 3. The lowest BCUT2D eigenvalue weighted by molar-refractivity contribution is -0.147. The molecule has 1 heterocycles. The summed E-state index contributed by atoms with van der Waals surface area (Å²) in [6.07, 6.45) is -1.15. The van der Waals surface area contributed by atoms with Crippen molar-refractivity contribution in [2.45, 2.75) is 17.4 Å². The van der Waals surface area contributed by atoms with Crippen molar-refractivity contribution in [2.75, 3.05) is 19.0 Å². The summed E-state index contributed by atoms with van der Waals surface area (Å²) in [5.41, 5.74) is 1.17. The number of carboxylic acid groups (broad SMARTS) is 1. The van der Waals surface area contributed by atoms with Crippen molar-refractivity contribution < 1.29 is 27.9 Å². The molecule has 0 radical (unpaired) electrons. The number of carbonyl (C=O) groups is 2. The van der Waals surface area contributed by atoms with Gasteiger partial charge in [-0.25, -0.2) is 17.9 Å². The molecule has 1 amide bonds. The molecule has 0 spiro atoms. The van der Waals surface area contributed by atoms with Gasteiger partial charge in [0.25, 0.3) is 0 Å². The number of sulfonamides is 1. The smallest absolute Gasteiger partial charge is 0.334 e. The molecule has 0 bridgehead atoms. The predicted molar refractivity (Wildman–Crippen MR) is 72.4 cm³/mol. The first-order valence-corrected chi connectivity index (χ1v) is 7.50. The number of hydrogen-bond acceptors (Lipinski definition) is 5. The number of carboxylic acids is 1. The van der Waals surface area contributed by atoms with Crippen LogP contribution in [0.3, 0.4) is 0 Å². The zero-order valence-corrected chi connectivity index (χ0v) is 11.9. The summed E-state index contributed by atoms with van der Waals surface area (Å²) in [4.78, 5) is 22.0. The Kier molecular flexibility index (Phi) is 4.26. The van der Waals surface area contributed by atoms with Gasteiger partial charge in [0.05, 0.1) is 11.3 Å². The van der Waals surface area contributed by atoms with Crippen molar-refractivity contribution >= 4 is 27.6 Å². The van der Waals surface area contributed by atoms with E-state index in [-0.39, 0.29) is 23.8 Å². The molecule has 3 N–H and O–H groups in total. The molecule has 0 saturated carbocycles. The lowest BCUT2D eigenvalue weighted by atomic mass is 10.2. The van der Waals surface area contributed by atoms with Crippen LogP contribution in [0.2, 0.25) is 0 Å². The van der Waals surface area contributed by atoms with Crippen LogP contribution in [-0.4, -0.2) is 45.2 Å². The molecule has 2 rings (SSSR count). The second kappa shape index (κ2) is 5.80. The molecular formula is C12H14N2O6S. The molecule has 1 atom stereocenters. The van der Waals surface area contributed by atoms with Crippen LogP contribution in [-0.2, 0) is 30.8 Å². The SMILES string of the molecule is COC(CNS(=O)(=O)c1ccc2c(c1)CC(=O)N2)C(=O)O. The van der Waals surface area contributed by atoms with Gasteiger partial charge in [0.2, 0.25) is 15.9 Å². The fraction of sp³-hybridized carbons (Fsp3) is 0.333. The van der Waals surface area contributed by atoms with Crippen LogP contribution < -0.4 is 10.0 Å². The normalized spacial score (nSPS) is 15.4. The number of fused-ring (bicyclic) bond motifs is 1. The minimum absolute atomic E-state index is 0.0296. The summed E-state index contributed by atoms with van der Waals surface area (Å²) in [5.74, 6) is -1.46.